The van der Waals surface area contributed by atoms with Crippen molar-refractivity contribution >= 4 is 31.6 Å². The summed E-state index contributed by atoms with van der Waals surface area (Å²) in [6.07, 6.45) is 1.50. The van der Waals surface area contributed by atoms with Gasteiger partial charge in [-0.3, -0.25) is 4.79 Å². The molecule has 1 aromatic rings. The number of sulfone groups is 1. The molecule has 0 saturated heterocycles. The molecule has 1 rings (SSSR count). The fraction of sp³-hybridized carbons (Fsp3) is 0.364. The largest absolute Gasteiger partial charge is 0.299 e. The van der Waals surface area contributed by atoms with Crippen LogP contribution in [-0.4, -0.2) is 26.2 Å². The lowest BCUT2D eigenvalue weighted by molar-refractivity contribution is -0.118. The van der Waals surface area contributed by atoms with Crippen molar-refractivity contribution in [3.63, 3.8) is 0 Å². The van der Waals surface area contributed by atoms with Gasteiger partial charge >= 0.3 is 0 Å². The van der Waals surface area contributed by atoms with E-state index in [1.54, 1.807) is 0 Å². The Labute approximate surface area is 104 Å². The molecule has 0 spiro atoms. The number of carbonyl (C=O) groups is 1. The van der Waals surface area contributed by atoms with E-state index in [2.05, 4.69) is 15.9 Å². The number of carbonyl (C=O) groups excluding carboxylic acids is 1. The molecular formula is C11H13BrO3S. The van der Waals surface area contributed by atoms with Crippen molar-refractivity contribution < 1.29 is 13.2 Å². The van der Waals surface area contributed by atoms with Crippen LogP contribution in [0, 0.1) is 0 Å². The second kappa shape index (κ2) is 5.59. The number of benzene rings is 1. The minimum absolute atomic E-state index is 0.0580. The summed E-state index contributed by atoms with van der Waals surface area (Å²) >= 11 is 3.34. The van der Waals surface area contributed by atoms with Crippen LogP contribution in [0.3, 0.4) is 0 Å². The molecule has 5 heteroatoms. The first-order valence-corrected chi connectivity index (χ1v) is 7.66. The Morgan fingerprint density at radius 2 is 1.94 bits per heavy atom. The van der Waals surface area contributed by atoms with Crippen molar-refractivity contribution in [2.45, 2.75) is 12.8 Å². The number of rotatable bonds is 5. The van der Waals surface area contributed by atoms with E-state index in [9.17, 15) is 13.2 Å². The minimum Gasteiger partial charge on any atom is -0.299 e. The van der Waals surface area contributed by atoms with Crippen LogP contribution < -0.4 is 0 Å². The molecule has 0 unspecified atom stereocenters. The van der Waals surface area contributed by atoms with Crippen molar-refractivity contribution in [2.75, 3.05) is 12.0 Å². The first kappa shape index (κ1) is 13.4. The van der Waals surface area contributed by atoms with Gasteiger partial charge in [0.1, 0.15) is 15.6 Å². The van der Waals surface area contributed by atoms with Crippen LogP contribution in [-0.2, 0) is 21.1 Å². The molecule has 0 amide bonds. The molecule has 88 valence electrons. The van der Waals surface area contributed by atoms with Crippen LogP contribution in [0.4, 0.5) is 0 Å². The van der Waals surface area contributed by atoms with Gasteiger partial charge in [-0.2, -0.15) is 0 Å². The van der Waals surface area contributed by atoms with Crippen LogP contribution in [0.1, 0.15) is 12.0 Å². The maximum atomic E-state index is 11.5. The highest BCUT2D eigenvalue weighted by atomic mass is 79.9. The summed E-state index contributed by atoms with van der Waals surface area (Å²) in [4.78, 5) is 11.5. The third kappa shape index (κ3) is 4.90. The fourth-order valence-electron chi connectivity index (χ4n) is 1.24. The van der Waals surface area contributed by atoms with E-state index in [0.29, 0.717) is 0 Å². The lowest BCUT2D eigenvalue weighted by Gasteiger charge is -2.03. The van der Waals surface area contributed by atoms with E-state index in [4.69, 9.17) is 0 Å². The van der Waals surface area contributed by atoms with E-state index in [-0.39, 0.29) is 24.4 Å². The molecule has 3 nitrogen and oxygen atoms in total. The van der Waals surface area contributed by atoms with Crippen molar-refractivity contribution in [1.29, 1.82) is 0 Å². The summed E-state index contributed by atoms with van der Waals surface area (Å²) in [5, 5.41) is 0. The first-order chi connectivity index (χ1) is 7.38. The van der Waals surface area contributed by atoms with Crippen molar-refractivity contribution in [3.8, 4) is 0 Å². The van der Waals surface area contributed by atoms with E-state index in [1.807, 2.05) is 24.3 Å². The summed E-state index contributed by atoms with van der Waals surface area (Å²) in [5.74, 6) is -0.131. The molecule has 0 saturated carbocycles. The van der Waals surface area contributed by atoms with Gasteiger partial charge in [0.15, 0.2) is 0 Å². The SMILES string of the molecule is CS(=O)(=O)CCC(=O)Cc1ccccc1Br. The smallest absolute Gasteiger partial charge is 0.147 e. The second-order valence-electron chi connectivity index (χ2n) is 3.69. The van der Waals surface area contributed by atoms with Crippen LogP contribution in [0.2, 0.25) is 0 Å². The Morgan fingerprint density at radius 1 is 1.31 bits per heavy atom. The van der Waals surface area contributed by atoms with Crippen LogP contribution in [0.15, 0.2) is 28.7 Å². The summed E-state index contributed by atoms with van der Waals surface area (Å²) in [7, 11) is -3.05. The summed E-state index contributed by atoms with van der Waals surface area (Å²) in [6.45, 7) is 0. The molecule has 16 heavy (non-hydrogen) atoms. The van der Waals surface area contributed by atoms with E-state index in [1.165, 1.54) is 0 Å². The summed E-state index contributed by atoms with van der Waals surface area (Å²) < 4.78 is 22.7. The zero-order chi connectivity index (χ0) is 12.2. The van der Waals surface area contributed by atoms with Crippen LogP contribution >= 0.6 is 15.9 Å². The van der Waals surface area contributed by atoms with Crippen molar-refractivity contribution in [2.24, 2.45) is 0 Å². The fourth-order valence-corrected chi connectivity index (χ4v) is 2.27. The number of hydrogen-bond donors (Lipinski definition) is 0. The predicted molar refractivity (Wildman–Crippen MR) is 67.2 cm³/mol. The molecule has 0 aliphatic rings. The number of Topliss-reactive ketones (excluding diaryl/α,β-unsaturated/α-hetero) is 1. The zero-order valence-corrected chi connectivity index (χ0v) is 11.3. The summed E-state index contributed by atoms with van der Waals surface area (Å²) in [5.41, 5.74) is 0.890. The quantitative estimate of drug-likeness (QED) is 0.836. The normalized spacial score (nSPS) is 11.4. The van der Waals surface area contributed by atoms with Gasteiger partial charge in [0, 0.05) is 23.6 Å². The molecular weight excluding hydrogens is 292 g/mol. The molecule has 0 aliphatic carbocycles. The Bertz CT molecular complexity index is 480. The molecule has 1 aromatic carbocycles. The molecule has 0 bridgehead atoms. The molecule has 0 aliphatic heterocycles. The highest BCUT2D eigenvalue weighted by molar-refractivity contribution is 9.10. The standard InChI is InChI=1S/C11H13BrO3S/c1-16(14,15)7-6-10(13)8-9-4-2-3-5-11(9)12/h2-5H,6-8H2,1H3. The maximum absolute atomic E-state index is 11.5. The molecule has 0 fully saturated rings. The van der Waals surface area contributed by atoms with Gasteiger partial charge < -0.3 is 0 Å². The third-order valence-corrected chi connectivity index (χ3v) is 3.82. The van der Waals surface area contributed by atoms with Gasteiger partial charge in [0.05, 0.1) is 5.75 Å². The predicted octanol–water partition coefficient (Wildman–Crippen LogP) is 2.00. The molecule has 0 N–H and O–H groups in total. The highest BCUT2D eigenvalue weighted by Crippen LogP contribution is 2.16. The monoisotopic (exact) mass is 304 g/mol. The number of ketones is 1. The van der Waals surface area contributed by atoms with Gasteiger partial charge in [0.25, 0.3) is 0 Å². The average Bonchev–Trinajstić information content (AvgIpc) is 2.18. The minimum atomic E-state index is -3.05. The lowest BCUT2D eigenvalue weighted by Crippen LogP contribution is -2.11. The van der Waals surface area contributed by atoms with Crippen molar-refractivity contribution in [3.05, 3.63) is 34.3 Å². The zero-order valence-electron chi connectivity index (χ0n) is 8.94. The van der Waals surface area contributed by atoms with Crippen LogP contribution in [0.5, 0.6) is 0 Å². The Hall–Kier alpha value is -0.680. The van der Waals surface area contributed by atoms with Crippen molar-refractivity contribution in [1.82, 2.24) is 0 Å². The number of hydrogen-bond acceptors (Lipinski definition) is 3. The van der Waals surface area contributed by atoms with Gasteiger partial charge in [-0.05, 0) is 11.6 Å². The van der Waals surface area contributed by atoms with Gasteiger partial charge in [-0.25, -0.2) is 8.42 Å². The maximum Gasteiger partial charge on any atom is 0.147 e. The summed E-state index contributed by atoms with van der Waals surface area (Å²) in [6, 6.07) is 7.43. The van der Waals surface area contributed by atoms with E-state index < -0.39 is 9.84 Å². The lowest BCUT2D eigenvalue weighted by atomic mass is 10.1. The second-order valence-corrected chi connectivity index (χ2v) is 6.80. The van der Waals surface area contributed by atoms with Gasteiger partial charge in [-0.1, -0.05) is 34.1 Å². The van der Waals surface area contributed by atoms with Gasteiger partial charge in [-0.15, -0.1) is 0 Å². The van der Waals surface area contributed by atoms with E-state index >= 15 is 0 Å². The average molecular weight is 305 g/mol. The Balaban J connectivity index is 2.56. The molecule has 0 radical (unpaired) electrons. The molecule has 0 atom stereocenters. The Kier molecular flexibility index (Phi) is 4.68. The highest BCUT2D eigenvalue weighted by Gasteiger charge is 2.10. The topological polar surface area (TPSA) is 51.2 Å². The van der Waals surface area contributed by atoms with Crippen LogP contribution in [0.25, 0.3) is 0 Å². The first-order valence-electron chi connectivity index (χ1n) is 4.81. The molecule has 0 aromatic heterocycles. The van der Waals surface area contributed by atoms with E-state index in [0.717, 1.165) is 16.3 Å². The third-order valence-electron chi connectivity index (χ3n) is 2.10. The Morgan fingerprint density at radius 3 is 2.50 bits per heavy atom. The molecule has 0 heterocycles. The van der Waals surface area contributed by atoms with Gasteiger partial charge in [0.2, 0.25) is 0 Å². The number of halogens is 1.